The lowest BCUT2D eigenvalue weighted by molar-refractivity contribution is 0.0975. The number of benzene rings is 2. The molecule has 0 heterocycles. The molecule has 0 aromatic heterocycles. The van der Waals surface area contributed by atoms with E-state index in [1.807, 2.05) is 24.3 Å². The third kappa shape index (κ3) is 6.04. The van der Waals surface area contributed by atoms with Crippen LogP contribution < -0.4 is 20.1 Å². The predicted molar refractivity (Wildman–Crippen MR) is 108 cm³/mol. The molecule has 5 nitrogen and oxygen atoms in total. The molecular formula is C20H24N2O3S. The van der Waals surface area contributed by atoms with Crippen molar-refractivity contribution in [2.45, 2.75) is 20.3 Å². The zero-order valence-electron chi connectivity index (χ0n) is 15.2. The summed E-state index contributed by atoms with van der Waals surface area (Å²) in [5.74, 6) is 1.52. The van der Waals surface area contributed by atoms with Crippen LogP contribution in [0.15, 0.2) is 48.5 Å². The van der Waals surface area contributed by atoms with Gasteiger partial charge in [-0.1, -0.05) is 32.0 Å². The summed E-state index contributed by atoms with van der Waals surface area (Å²) in [6.07, 6.45) is 0.991. The minimum Gasteiger partial charge on any atom is -0.496 e. The second-order valence-electron chi connectivity index (χ2n) is 6.17. The number of anilines is 1. The Bertz CT molecular complexity index is 762. The van der Waals surface area contributed by atoms with Crippen molar-refractivity contribution in [1.29, 1.82) is 0 Å². The number of rotatable bonds is 7. The Labute approximate surface area is 159 Å². The number of thiocarbonyl (C=S) groups is 1. The molecule has 0 saturated carbocycles. The van der Waals surface area contributed by atoms with E-state index in [4.69, 9.17) is 21.7 Å². The Kier molecular flexibility index (Phi) is 7.41. The number of carbonyl (C=O) groups is 1. The standard InChI is InChI=1S/C20H24N2O3S/c1-14(2)11-12-25-16-8-6-7-15(13-16)21-20(26)22-19(23)17-9-4-5-10-18(17)24-3/h4-10,13-14H,11-12H2,1-3H3,(H2,21,22,23,26). The van der Waals surface area contributed by atoms with Gasteiger partial charge in [-0.2, -0.15) is 0 Å². The molecule has 2 aromatic rings. The third-order valence-electron chi connectivity index (χ3n) is 3.63. The third-order valence-corrected chi connectivity index (χ3v) is 3.84. The topological polar surface area (TPSA) is 59.6 Å². The molecular weight excluding hydrogens is 348 g/mol. The van der Waals surface area contributed by atoms with Crippen LogP contribution in [0.2, 0.25) is 0 Å². The van der Waals surface area contributed by atoms with Gasteiger partial charge in [-0.05, 0) is 48.8 Å². The number of ether oxygens (including phenoxy) is 2. The van der Waals surface area contributed by atoms with E-state index in [1.165, 1.54) is 7.11 Å². The number of nitrogens with one attached hydrogen (secondary N) is 2. The van der Waals surface area contributed by atoms with Crippen molar-refractivity contribution in [1.82, 2.24) is 5.32 Å². The Morgan fingerprint density at radius 3 is 2.65 bits per heavy atom. The fraction of sp³-hybridized carbons (Fsp3) is 0.300. The second-order valence-corrected chi connectivity index (χ2v) is 6.58. The highest BCUT2D eigenvalue weighted by Gasteiger charge is 2.13. The van der Waals surface area contributed by atoms with Crippen LogP contribution in [0.25, 0.3) is 0 Å². The number of amides is 1. The van der Waals surface area contributed by atoms with Gasteiger partial charge in [0, 0.05) is 11.8 Å². The van der Waals surface area contributed by atoms with E-state index >= 15 is 0 Å². The molecule has 0 saturated heterocycles. The molecule has 0 atom stereocenters. The first kappa shape index (κ1) is 19.7. The number of methoxy groups -OCH3 is 1. The maximum Gasteiger partial charge on any atom is 0.261 e. The molecule has 0 bridgehead atoms. The van der Waals surface area contributed by atoms with Gasteiger partial charge in [-0.3, -0.25) is 10.1 Å². The van der Waals surface area contributed by atoms with E-state index in [1.54, 1.807) is 24.3 Å². The van der Waals surface area contributed by atoms with Gasteiger partial charge in [0.1, 0.15) is 11.5 Å². The predicted octanol–water partition coefficient (Wildman–Crippen LogP) is 4.25. The second kappa shape index (κ2) is 9.77. The van der Waals surface area contributed by atoms with Crippen molar-refractivity contribution in [3.05, 3.63) is 54.1 Å². The highest BCUT2D eigenvalue weighted by Crippen LogP contribution is 2.19. The van der Waals surface area contributed by atoms with E-state index in [-0.39, 0.29) is 11.0 Å². The van der Waals surface area contributed by atoms with E-state index < -0.39 is 0 Å². The van der Waals surface area contributed by atoms with Crippen molar-refractivity contribution in [3.63, 3.8) is 0 Å². The molecule has 0 radical (unpaired) electrons. The van der Waals surface area contributed by atoms with Crippen LogP contribution in [0, 0.1) is 5.92 Å². The molecule has 2 aromatic carbocycles. The summed E-state index contributed by atoms with van der Waals surface area (Å²) < 4.78 is 10.9. The number of hydrogen-bond acceptors (Lipinski definition) is 4. The fourth-order valence-corrected chi connectivity index (χ4v) is 2.45. The molecule has 26 heavy (non-hydrogen) atoms. The van der Waals surface area contributed by atoms with Crippen LogP contribution in [-0.2, 0) is 0 Å². The van der Waals surface area contributed by atoms with Crippen LogP contribution in [0.4, 0.5) is 5.69 Å². The average molecular weight is 372 g/mol. The largest absolute Gasteiger partial charge is 0.496 e. The highest BCUT2D eigenvalue weighted by atomic mass is 32.1. The SMILES string of the molecule is COc1ccccc1C(=O)NC(=S)Nc1cccc(OCCC(C)C)c1. The molecule has 6 heteroatoms. The van der Waals surface area contributed by atoms with Crippen molar-refractivity contribution >= 4 is 28.9 Å². The first-order valence-corrected chi connectivity index (χ1v) is 8.88. The molecule has 0 aliphatic rings. The Hall–Kier alpha value is -2.60. The van der Waals surface area contributed by atoms with Crippen LogP contribution in [0.5, 0.6) is 11.5 Å². The van der Waals surface area contributed by atoms with Crippen molar-refractivity contribution in [2.75, 3.05) is 19.0 Å². The maximum atomic E-state index is 12.4. The summed E-state index contributed by atoms with van der Waals surface area (Å²) in [5, 5.41) is 5.86. The van der Waals surface area contributed by atoms with Gasteiger partial charge in [0.15, 0.2) is 5.11 Å². The summed E-state index contributed by atoms with van der Waals surface area (Å²) in [4.78, 5) is 12.4. The molecule has 0 aliphatic heterocycles. The van der Waals surface area contributed by atoms with E-state index in [0.717, 1.165) is 17.9 Å². The monoisotopic (exact) mass is 372 g/mol. The summed E-state index contributed by atoms with van der Waals surface area (Å²) in [6, 6.07) is 14.4. The van der Waals surface area contributed by atoms with E-state index in [9.17, 15) is 4.79 Å². The average Bonchev–Trinajstić information content (AvgIpc) is 2.61. The zero-order valence-corrected chi connectivity index (χ0v) is 16.1. The maximum absolute atomic E-state index is 12.4. The molecule has 138 valence electrons. The van der Waals surface area contributed by atoms with Gasteiger partial charge in [0.05, 0.1) is 19.3 Å². The minimum absolute atomic E-state index is 0.209. The smallest absolute Gasteiger partial charge is 0.261 e. The normalized spacial score (nSPS) is 10.3. The first-order chi connectivity index (χ1) is 12.5. The van der Waals surface area contributed by atoms with Gasteiger partial charge in [-0.25, -0.2) is 0 Å². The van der Waals surface area contributed by atoms with Crippen LogP contribution in [0.1, 0.15) is 30.6 Å². The van der Waals surface area contributed by atoms with Crippen LogP contribution >= 0.6 is 12.2 Å². The van der Waals surface area contributed by atoms with Gasteiger partial charge in [-0.15, -0.1) is 0 Å². The molecule has 0 spiro atoms. The molecule has 2 rings (SSSR count). The van der Waals surface area contributed by atoms with Gasteiger partial charge >= 0.3 is 0 Å². The zero-order chi connectivity index (χ0) is 18.9. The molecule has 1 amide bonds. The summed E-state index contributed by atoms with van der Waals surface area (Å²) in [5.41, 5.74) is 1.17. The first-order valence-electron chi connectivity index (χ1n) is 8.48. The van der Waals surface area contributed by atoms with Crippen molar-refractivity contribution in [3.8, 4) is 11.5 Å². The Morgan fingerprint density at radius 1 is 1.15 bits per heavy atom. The van der Waals surface area contributed by atoms with Crippen LogP contribution in [0.3, 0.4) is 0 Å². The van der Waals surface area contributed by atoms with Crippen molar-refractivity contribution < 1.29 is 14.3 Å². The quantitative estimate of drug-likeness (QED) is 0.712. The van der Waals surface area contributed by atoms with E-state index in [2.05, 4.69) is 24.5 Å². The summed E-state index contributed by atoms with van der Waals surface area (Å²) in [6.45, 7) is 4.98. The summed E-state index contributed by atoms with van der Waals surface area (Å²) in [7, 11) is 1.52. The Morgan fingerprint density at radius 2 is 1.92 bits per heavy atom. The van der Waals surface area contributed by atoms with Gasteiger partial charge < -0.3 is 14.8 Å². The lowest BCUT2D eigenvalue weighted by Gasteiger charge is -2.13. The van der Waals surface area contributed by atoms with E-state index in [0.29, 0.717) is 23.8 Å². The molecule has 0 unspecified atom stereocenters. The van der Waals surface area contributed by atoms with Crippen molar-refractivity contribution in [2.24, 2.45) is 5.92 Å². The number of hydrogen-bond donors (Lipinski definition) is 2. The van der Waals surface area contributed by atoms with Gasteiger partial charge in [0.2, 0.25) is 0 Å². The highest BCUT2D eigenvalue weighted by molar-refractivity contribution is 7.80. The number of carbonyl (C=O) groups excluding carboxylic acids is 1. The minimum atomic E-state index is -0.329. The Balaban J connectivity index is 1.94. The number of para-hydroxylation sites is 1. The molecule has 0 aliphatic carbocycles. The van der Waals surface area contributed by atoms with Gasteiger partial charge in [0.25, 0.3) is 5.91 Å². The molecule has 0 fully saturated rings. The summed E-state index contributed by atoms with van der Waals surface area (Å²) >= 11 is 5.23. The lowest BCUT2D eigenvalue weighted by atomic mass is 10.1. The fourth-order valence-electron chi connectivity index (χ4n) is 2.24. The molecule has 2 N–H and O–H groups in total. The lowest BCUT2D eigenvalue weighted by Crippen LogP contribution is -2.34. The van der Waals surface area contributed by atoms with Crippen LogP contribution in [-0.4, -0.2) is 24.7 Å².